The average molecular weight is 563 g/mol. The van der Waals surface area contributed by atoms with Crippen molar-refractivity contribution in [2.75, 3.05) is 19.8 Å². The molecule has 0 aliphatic carbocycles. The van der Waals surface area contributed by atoms with Crippen LogP contribution < -0.4 is 10.2 Å². The summed E-state index contributed by atoms with van der Waals surface area (Å²) in [7, 11) is 0. The summed E-state index contributed by atoms with van der Waals surface area (Å²) in [5.41, 5.74) is 0. The van der Waals surface area contributed by atoms with Gasteiger partial charge in [0.25, 0.3) is 0 Å². The van der Waals surface area contributed by atoms with Crippen molar-refractivity contribution in [2.45, 2.75) is 67.0 Å². The van der Waals surface area contributed by atoms with Crippen LogP contribution >= 0.6 is 0 Å². The molecule has 0 amide bonds. The molecule has 1 radical (unpaired) electrons. The fraction of sp³-hybridized carbons (Fsp3) is 0.875. The van der Waals surface area contributed by atoms with Crippen LogP contribution in [0.4, 0.5) is 0 Å². The predicted molar refractivity (Wildman–Crippen MR) is 92.6 cm³/mol. The molecule has 18 nitrogen and oxygen atoms in total. The fourth-order valence-corrected chi connectivity index (χ4v) is 2.89. The van der Waals surface area contributed by atoms with Crippen molar-refractivity contribution in [2.24, 2.45) is 0 Å². The minimum Gasteiger partial charge on any atom is -0.870 e. The Bertz CT molecular complexity index is 634. The molecule has 2 fully saturated rings. The van der Waals surface area contributed by atoms with Crippen molar-refractivity contribution in [1.82, 2.24) is 0 Å². The van der Waals surface area contributed by atoms with Crippen LogP contribution in [0.15, 0.2) is 0 Å². The van der Waals surface area contributed by atoms with Crippen LogP contribution in [-0.4, -0.2) is 155 Å². The number of carboxylic acids is 2. The second-order valence-corrected chi connectivity index (χ2v) is 7.09. The van der Waals surface area contributed by atoms with Gasteiger partial charge in [-0.1, -0.05) is 0 Å². The Labute approximate surface area is 206 Å². The van der Waals surface area contributed by atoms with Gasteiger partial charge in [-0.3, -0.25) is 0 Å². The molecule has 0 aromatic heterocycles. The third kappa shape index (κ3) is 8.20. The topological polar surface area (TPSA) is 340 Å². The van der Waals surface area contributed by atoms with Gasteiger partial charge in [0, 0.05) is 0 Å². The zero-order valence-corrected chi connectivity index (χ0v) is 18.6. The Hall–Kier alpha value is -1.10. The molecule has 2 aliphatic rings. The van der Waals surface area contributed by atoms with Crippen molar-refractivity contribution in [3.05, 3.63) is 0 Å². The minimum atomic E-state index is -2.44. The molecule has 0 aromatic rings. The third-order valence-corrected chi connectivity index (χ3v) is 4.85. The van der Waals surface area contributed by atoms with Gasteiger partial charge in [-0.05, 0) is 0 Å². The van der Waals surface area contributed by atoms with Gasteiger partial charge in [0.1, 0.15) is 61.5 Å². The van der Waals surface area contributed by atoms with E-state index >= 15 is 0 Å². The second-order valence-electron chi connectivity index (χ2n) is 7.09. The van der Waals surface area contributed by atoms with E-state index in [9.17, 15) is 50.4 Å². The second kappa shape index (κ2) is 15.2. The summed E-state index contributed by atoms with van der Waals surface area (Å²) >= 11 is 0. The standard InChI is InChI=1S/C12H22O11.C4H6O6.Fe.H2O/c13-1-4-6(16)8(18)9(19)11(21-4)23-12(3-15)10(20)7(17)5(2-14)22-12;5-1(3(7)8)2(6)4(9)10;;/h4-11,13-20H,1-3H2;1-2,5-6H,(H,7,8)(H,9,10);;1H2/q;;+3;/p-3/t4-,5-,6-,7-,8+,9-,10+,11-,12+;;;/m1.../s1. The molecule has 2 aliphatic heterocycles. The number of aliphatic hydroxyl groups is 10. The average Bonchev–Trinajstić information content (AvgIpc) is 3.03. The Kier molecular flexibility index (Phi) is 15.7. The third-order valence-electron chi connectivity index (χ3n) is 4.85. The van der Waals surface area contributed by atoms with Crippen molar-refractivity contribution >= 4 is 11.9 Å². The molecule has 2 saturated heterocycles. The number of carboxylic acid groups (broad SMARTS) is 2. The summed E-state index contributed by atoms with van der Waals surface area (Å²) in [4.78, 5) is 19.3. The summed E-state index contributed by atoms with van der Waals surface area (Å²) in [6, 6.07) is 0. The Morgan fingerprint density at radius 2 is 1.29 bits per heavy atom. The summed E-state index contributed by atoms with van der Waals surface area (Å²) < 4.78 is 15.4. The van der Waals surface area contributed by atoms with Crippen LogP contribution in [0.25, 0.3) is 0 Å². The van der Waals surface area contributed by atoms with E-state index in [1.807, 2.05) is 0 Å². The molecular formula is C16H27FeO18. The van der Waals surface area contributed by atoms with E-state index in [2.05, 4.69) is 0 Å². The first kappa shape index (κ1) is 36.1. The van der Waals surface area contributed by atoms with E-state index in [4.69, 9.17) is 34.6 Å². The number of rotatable bonds is 8. The van der Waals surface area contributed by atoms with Crippen LogP contribution in [0, 0.1) is 0 Å². The summed E-state index contributed by atoms with van der Waals surface area (Å²) in [6.07, 6.45) is -17.5. The van der Waals surface area contributed by atoms with Crippen LogP contribution in [0.3, 0.4) is 0 Å². The van der Waals surface area contributed by atoms with Crippen molar-refractivity contribution in [1.29, 1.82) is 0 Å². The summed E-state index contributed by atoms with van der Waals surface area (Å²) in [5, 5.41) is 112. The Morgan fingerprint density at radius 3 is 1.63 bits per heavy atom. The Morgan fingerprint density at radius 1 is 0.829 bits per heavy atom. The van der Waals surface area contributed by atoms with Crippen molar-refractivity contribution in [3.8, 4) is 0 Å². The van der Waals surface area contributed by atoms with Gasteiger partial charge in [-0.15, -0.1) is 0 Å². The molecule has 11 N–H and O–H groups in total. The first-order chi connectivity index (χ1) is 15.3. The van der Waals surface area contributed by atoms with Gasteiger partial charge in [0.05, 0.1) is 25.2 Å². The zero-order chi connectivity index (χ0) is 25.7. The van der Waals surface area contributed by atoms with E-state index in [1.165, 1.54) is 0 Å². The first-order valence-electron chi connectivity index (χ1n) is 9.29. The van der Waals surface area contributed by atoms with Gasteiger partial charge >= 0.3 is 17.1 Å². The molecule has 0 spiro atoms. The quantitative estimate of drug-likeness (QED) is 0.122. The number of carbonyl (C=O) groups is 2. The maximum Gasteiger partial charge on any atom is 3.00 e. The first-order valence-corrected chi connectivity index (χ1v) is 9.29. The van der Waals surface area contributed by atoms with Crippen molar-refractivity contribution < 1.29 is 108 Å². The van der Waals surface area contributed by atoms with Crippen LogP contribution in [0.1, 0.15) is 0 Å². The zero-order valence-electron chi connectivity index (χ0n) is 17.5. The SMILES string of the molecule is O=C([O-])C(O)C(O)C(=O)[O-].OC[C@H]1O[C@@](CO)(O[C@H]2O[C@H](CO)[C@@H](O)[C@H](O)[C@H]2O)[C@@H](O)[C@@H]1O.[Fe+3].[OH-]. The normalized spacial score (nSPS) is 38.1. The minimum absolute atomic E-state index is 0. The summed E-state index contributed by atoms with van der Waals surface area (Å²) in [6.45, 7) is -2.32. The number of carbonyl (C=O) groups excluding carboxylic acids is 2. The number of hydrogen-bond acceptors (Lipinski definition) is 18. The molecule has 0 bridgehead atoms. The largest absolute Gasteiger partial charge is 3.00 e. The van der Waals surface area contributed by atoms with E-state index in [1.54, 1.807) is 0 Å². The van der Waals surface area contributed by atoms with E-state index in [0.717, 1.165) is 0 Å². The van der Waals surface area contributed by atoms with Gasteiger partial charge in [-0.25, -0.2) is 0 Å². The number of ether oxygens (including phenoxy) is 3. The molecule has 2 unspecified atom stereocenters. The number of aliphatic hydroxyl groups excluding tert-OH is 10. The van der Waals surface area contributed by atoms with Gasteiger partial charge in [0.2, 0.25) is 5.79 Å². The van der Waals surface area contributed by atoms with Gasteiger partial charge < -0.3 is 90.6 Å². The number of hydrogen-bond donors (Lipinski definition) is 10. The van der Waals surface area contributed by atoms with Crippen LogP contribution in [0.5, 0.6) is 0 Å². The molecule has 35 heavy (non-hydrogen) atoms. The molecule has 2 rings (SSSR count). The predicted octanol–water partition coefficient (Wildman–Crippen LogP) is -10.4. The van der Waals surface area contributed by atoms with Crippen LogP contribution in [-0.2, 0) is 40.9 Å². The molecule has 11 atom stereocenters. The Balaban J connectivity index is 0. The van der Waals surface area contributed by atoms with Gasteiger partial charge in [-0.2, -0.15) is 0 Å². The smallest absolute Gasteiger partial charge is 0.870 e. The fourth-order valence-electron chi connectivity index (χ4n) is 2.89. The maximum absolute atomic E-state index is 10.00. The molecule has 2 heterocycles. The van der Waals surface area contributed by atoms with Crippen LogP contribution in [0.2, 0.25) is 0 Å². The van der Waals surface area contributed by atoms with Crippen molar-refractivity contribution in [3.63, 3.8) is 0 Å². The molecule has 0 saturated carbocycles. The maximum atomic E-state index is 10.00. The van der Waals surface area contributed by atoms with Gasteiger partial charge in [0.15, 0.2) is 6.29 Å². The summed E-state index contributed by atoms with van der Waals surface area (Å²) in [5.74, 6) is -6.34. The number of aliphatic carboxylic acids is 2. The molecule has 19 heteroatoms. The monoisotopic (exact) mass is 563 g/mol. The molecule has 0 aromatic carbocycles. The molecule has 207 valence electrons. The van der Waals surface area contributed by atoms with E-state index in [0.29, 0.717) is 0 Å². The van der Waals surface area contributed by atoms with E-state index < -0.39 is 98.8 Å². The van der Waals surface area contributed by atoms with E-state index in [-0.39, 0.29) is 22.5 Å². The molecular weight excluding hydrogens is 536 g/mol.